The summed E-state index contributed by atoms with van der Waals surface area (Å²) in [6.45, 7) is -0.0209. The van der Waals surface area contributed by atoms with Crippen molar-refractivity contribution in [2.75, 3.05) is 7.11 Å². The molecule has 0 saturated carbocycles. The molecular formula is C19H12BrN3O5S. The summed E-state index contributed by atoms with van der Waals surface area (Å²) in [6, 6.07) is 9.21. The monoisotopic (exact) mass is 473 g/mol. The standard InChI is InChI=1S/C19H12BrN3O5S/c1-28-16-5-2-10(20)6-15(16)17-21-11(9-29-17)8-22-18(24)13-4-3-12(23(26)27)7-14(13)19(22)25/h2-7,9H,8H2,1H3. The summed E-state index contributed by atoms with van der Waals surface area (Å²) in [7, 11) is 1.57. The Morgan fingerprint density at radius 2 is 1.90 bits per heavy atom. The van der Waals surface area contributed by atoms with Crippen molar-refractivity contribution in [3.63, 3.8) is 0 Å². The fourth-order valence-corrected chi connectivity index (χ4v) is 4.24. The number of rotatable bonds is 5. The van der Waals surface area contributed by atoms with Crippen LogP contribution in [-0.4, -0.2) is 33.7 Å². The molecule has 0 saturated heterocycles. The van der Waals surface area contributed by atoms with Crippen molar-refractivity contribution in [2.24, 2.45) is 0 Å². The SMILES string of the molecule is COc1ccc(Br)cc1-c1nc(CN2C(=O)c3ccc([N+](=O)[O-])cc3C2=O)cs1. The number of nitro groups is 1. The molecule has 1 aliphatic heterocycles. The molecule has 4 rings (SSSR count). The van der Waals surface area contributed by atoms with Gasteiger partial charge in [-0.25, -0.2) is 4.98 Å². The Morgan fingerprint density at radius 3 is 2.62 bits per heavy atom. The van der Waals surface area contributed by atoms with Gasteiger partial charge in [0, 0.05) is 22.0 Å². The molecule has 29 heavy (non-hydrogen) atoms. The Hall–Kier alpha value is -3.11. The Balaban J connectivity index is 1.61. The number of benzene rings is 2. The first-order valence-corrected chi connectivity index (χ1v) is 9.99. The van der Waals surface area contributed by atoms with Crippen LogP contribution in [0.4, 0.5) is 5.69 Å². The predicted molar refractivity (Wildman–Crippen MR) is 109 cm³/mol. The van der Waals surface area contributed by atoms with Gasteiger partial charge >= 0.3 is 0 Å². The fraction of sp³-hybridized carbons (Fsp3) is 0.105. The lowest BCUT2D eigenvalue weighted by molar-refractivity contribution is -0.384. The first kappa shape index (κ1) is 19.2. The lowest BCUT2D eigenvalue weighted by Crippen LogP contribution is -2.29. The minimum Gasteiger partial charge on any atom is -0.496 e. The van der Waals surface area contributed by atoms with Crippen molar-refractivity contribution in [1.29, 1.82) is 0 Å². The highest BCUT2D eigenvalue weighted by Crippen LogP contribution is 2.35. The van der Waals surface area contributed by atoms with Crippen LogP contribution in [0.5, 0.6) is 5.75 Å². The van der Waals surface area contributed by atoms with E-state index in [4.69, 9.17) is 4.74 Å². The Kier molecular flexibility index (Phi) is 4.89. The summed E-state index contributed by atoms with van der Waals surface area (Å²) in [5.41, 5.74) is 1.29. The van der Waals surface area contributed by atoms with Gasteiger partial charge in [-0.1, -0.05) is 15.9 Å². The second-order valence-electron chi connectivity index (χ2n) is 6.17. The van der Waals surface area contributed by atoms with E-state index < -0.39 is 16.7 Å². The number of hydrogen-bond acceptors (Lipinski definition) is 7. The van der Waals surface area contributed by atoms with Crippen LogP contribution in [0.3, 0.4) is 0 Å². The number of nitrogens with zero attached hydrogens (tertiary/aromatic N) is 3. The molecule has 1 aliphatic rings. The van der Waals surface area contributed by atoms with Gasteiger partial charge in [-0.2, -0.15) is 0 Å². The van der Waals surface area contributed by atoms with Crippen LogP contribution in [-0.2, 0) is 6.54 Å². The third-order valence-electron chi connectivity index (χ3n) is 4.43. The third-order valence-corrected chi connectivity index (χ3v) is 5.85. The molecular weight excluding hydrogens is 462 g/mol. The molecule has 0 aliphatic carbocycles. The van der Waals surface area contributed by atoms with Gasteiger partial charge in [0.25, 0.3) is 17.5 Å². The number of methoxy groups -OCH3 is 1. The fourth-order valence-electron chi connectivity index (χ4n) is 3.05. The van der Waals surface area contributed by atoms with E-state index in [9.17, 15) is 19.7 Å². The minimum atomic E-state index is -0.598. The quantitative estimate of drug-likeness (QED) is 0.311. The molecule has 0 N–H and O–H groups in total. The van der Waals surface area contributed by atoms with Crippen LogP contribution in [0, 0.1) is 10.1 Å². The molecule has 0 bridgehead atoms. The number of carbonyl (C=O) groups excluding carboxylic acids is 2. The van der Waals surface area contributed by atoms with Crippen LogP contribution in [0.15, 0.2) is 46.3 Å². The number of aromatic nitrogens is 1. The second kappa shape index (κ2) is 7.37. The number of carbonyl (C=O) groups is 2. The van der Waals surface area contributed by atoms with Crippen molar-refractivity contribution < 1.29 is 19.2 Å². The summed E-state index contributed by atoms with van der Waals surface area (Å²) in [6.07, 6.45) is 0. The Morgan fingerprint density at radius 1 is 1.14 bits per heavy atom. The highest BCUT2D eigenvalue weighted by molar-refractivity contribution is 9.10. The summed E-state index contributed by atoms with van der Waals surface area (Å²) >= 11 is 4.79. The number of fused-ring (bicyclic) bond motifs is 1. The van der Waals surface area contributed by atoms with Gasteiger partial charge in [-0.15, -0.1) is 11.3 Å². The van der Waals surface area contributed by atoms with Gasteiger partial charge in [-0.05, 0) is 24.3 Å². The van der Waals surface area contributed by atoms with E-state index in [0.717, 1.165) is 21.0 Å². The number of ether oxygens (including phenoxy) is 1. The topological polar surface area (TPSA) is 103 Å². The smallest absolute Gasteiger partial charge is 0.270 e. The molecule has 2 heterocycles. The van der Waals surface area contributed by atoms with E-state index in [1.807, 2.05) is 18.2 Å². The second-order valence-corrected chi connectivity index (χ2v) is 7.95. The molecule has 146 valence electrons. The van der Waals surface area contributed by atoms with Gasteiger partial charge in [0.2, 0.25) is 0 Å². The van der Waals surface area contributed by atoms with Crippen LogP contribution in [0.25, 0.3) is 10.6 Å². The maximum Gasteiger partial charge on any atom is 0.270 e. The number of halogens is 1. The zero-order valence-corrected chi connectivity index (χ0v) is 17.3. The zero-order valence-electron chi connectivity index (χ0n) is 14.9. The van der Waals surface area contributed by atoms with Gasteiger partial charge in [0.05, 0.1) is 41.0 Å². The normalized spacial score (nSPS) is 13.0. The molecule has 8 nitrogen and oxygen atoms in total. The van der Waals surface area contributed by atoms with Crippen LogP contribution < -0.4 is 4.74 Å². The van der Waals surface area contributed by atoms with Gasteiger partial charge in [-0.3, -0.25) is 24.6 Å². The van der Waals surface area contributed by atoms with E-state index in [-0.39, 0.29) is 23.4 Å². The predicted octanol–water partition coefficient (Wildman–Crippen LogP) is 4.29. The van der Waals surface area contributed by atoms with E-state index >= 15 is 0 Å². The van der Waals surface area contributed by atoms with Crippen molar-refractivity contribution in [3.8, 4) is 16.3 Å². The number of amides is 2. The Labute approximate surface area is 177 Å². The summed E-state index contributed by atoms with van der Waals surface area (Å²) in [5, 5.41) is 13.4. The summed E-state index contributed by atoms with van der Waals surface area (Å²) in [4.78, 5) is 41.2. The molecule has 0 radical (unpaired) electrons. The molecule has 0 spiro atoms. The van der Waals surface area contributed by atoms with Crippen molar-refractivity contribution in [3.05, 3.63) is 73.2 Å². The molecule has 0 unspecified atom stereocenters. The highest BCUT2D eigenvalue weighted by atomic mass is 79.9. The largest absolute Gasteiger partial charge is 0.496 e. The average Bonchev–Trinajstić information content (AvgIpc) is 3.27. The molecule has 1 aromatic heterocycles. The molecule has 2 amide bonds. The lowest BCUT2D eigenvalue weighted by atomic mass is 10.1. The van der Waals surface area contributed by atoms with Gasteiger partial charge in [0.1, 0.15) is 10.8 Å². The average molecular weight is 474 g/mol. The lowest BCUT2D eigenvalue weighted by Gasteiger charge is -2.11. The number of non-ortho nitro benzene ring substituents is 1. The third kappa shape index (κ3) is 3.40. The van der Waals surface area contributed by atoms with Gasteiger partial charge < -0.3 is 4.74 Å². The van der Waals surface area contributed by atoms with Crippen LogP contribution >= 0.6 is 27.3 Å². The maximum atomic E-state index is 12.6. The Bertz CT molecular complexity index is 1180. The first-order chi connectivity index (χ1) is 13.9. The minimum absolute atomic E-state index is 0.0209. The van der Waals surface area contributed by atoms with Crippen LogP contribution in [0.1, 0.15) is 26.4 Å². The number of nitro benzene ring substituents is 1. The van der Waals surface area contributed by atoms with Crippen molar-refractivity contribution >= 4 is 44.8 Å². The van der Waals surface area contributed by atoms with E-state index in [2.05, 4.69) is 20.9 Å². The highest BCUT2D eigenvalue weighted by Gasteiger charge is 2.37. The molecule has 0 fully saturated rings. The summed E-state index contributed by atoms with van der Waals surface area (Å²) < 4.78 is 6.24. The number of hydrogen-bond donors (Lipinski definition) is 0. The maximum absolute atomic E-state index is 12.6. The number of imide groups is 1. The van der Waals surface area contributed by atoms with E-state index in [0.29, 0.717) is 16.5 Å². The molecule has 0 atom stereocenters. The first-order valence-electron chi connectivity index (χ1n) is 8.32. The van der Waals surface area contributed by atoms with Crippen molar-refractivity contribution in [2.45, 2.75) is 6.54 Å². The van der Waals surface area contributed by atoms with E-state index in [1.54, 1.807) is 12.5 Å². The zero-order chi connectivity index (χ0) is 20.7. The summed E-state index contributed by atoms with van der Waals surface area (Å²) in [5.74, 6) is -0.403. The molecule has 2 aromatic carbocycles. The van der Waals surface area contributed by atoms with E-state index in [1.165, 1.54) is 23.5 Å². The molecule has 3 aromatic rings. The number of thiazole rings is 1. The van der Waals surface area contributed by atoms with Crippen LogP contribution in [0.2, 0.25) is 0 Å². The van der Waals surface area contributed by atoms with Crippen molar-refractivity contribution in [1.82, 2.24) is 9.88 Å². The molecule has 10 heteroatoms. The van der Waals surface area contributed by atoms with Gasteiger partial charge in [0.15, 0.2) is 0 Å².